The zero-order valence-electron chi connectivity index (χ0n) is 46.6. The van der Waals surface area contributed by atoms with Crippen LogP contribution in [0.15, 0.2) is 0 Å². The molecule has 41 heteroatoms. The Hall–Kier alpha value is -1.76. The van der Waals surface area contributed by atoms with Crippen LogP contribution in [0.3, 0.4) is 0 Å². The number of carboxylic acids is 2. The molecule has 14 unspecified atom stereocenters. The SMILES string of the molecule is N[C@H](CSCC1O[C@@H]2O[C@@H]3C(CO)O[C@H](O[C@@H]4C(CO)O[C@H](O[C@@H]5C(CSC[C@@H](N)C(=O)O)O[C@H](O[C@@H]6C(CO)O[C@H](O[C@@H]7C(CO)O[C@H](O[C@@H]8C(CO)O[C@H](O[C@H]1[C@H](O)C2O)C(O)[C@H]8O)C(O)[C@H]7O)C(O)[C@H]6O)C(O)[C@H]5O)C(O)[C@H]4O)C(O)[C@H]3O)C(=O)O. The van der Waals surface area contributed by atoms with Crippen LogP contribution in [0.1, 0.15) is 0 Å². The minimum Gasteiger partial charge on any atom is -0.480 e. The van der Waals surface area contributed by atoms with Crippen molar-refractivity contribution in [3.8, 4) is 0 Å². The van der Waals surface area contributed by atoms with E-state index in [0.29, 0.717) is 0 Å². The average Bonchev–Trinajstić information content (AvgIpc) is 0.983. The molecule has 39 nitrogen and oxygen atoms in total. The zero-order chi connectivity index (χ0) is 65.2. The van der Waals surface area contributed by atoms with Gasteiger partial charge in [0.1, 0.15) is 171 Å². The second-order valence-corrected chi connectivity index (χ2v) is 24.4. The van der Waals surface area contributed by atoms with Gasteiger partial charge in [-0.1, -0.05) is 0 Å². The number of aliphatic carboxylic acids is 2. The van der Waals surface area contributed by atoms with Crippen molar-refractivity contribution in [3.05, 3.63) is 0 Å². The van der Waals surface area contributed by atoms with E-state index in [2.05, 4.69) is 0 Å². The maximum absolute atomic E-state index is 11.7. The topological polar surface area (TPSA) is 640 Å². The minimum atomic E-state index is -2.27. The van der Waals surface area contributed by atoms with Gasteiger partial charge in [-0.15, -0.1) is 0 Å². The highest BCUT2D eigenvalue weighted by Crippen LogP contribution is 2.40. The molecule has 0 amide bonds. The number of thioether (sulfide) groups is 2. The molecule has 0 aromatic carbocycles. The summed E-state index contributed by atoms with van der Waals surface area (Å²) in [5, 5.41) is 233. The first kappa shape index (κ1) is 73.1. The molecule has 21 saturated heterocycles. The zero-order valence-corrected chi connectivity index (χ0v) is 48.3. The van der Waals surface area contributed by atoms with E-state index < -0.39 is 284 Å². The van der Waals surface area contributed by atoms with Gasteiger partial charge >= 0.3 is 11.9 Å². The van der Waals surface area contributed by atoms with Gasteiger partial charge in [0.2, 0.25) is 0 Å². The maximum Gasteiger partial charge on any atom is 0.321 e. The fourth-order valence-electron chi connectivity index (χ4n) is 11.2. The number of aliphatic hydroxyl groups excluding tert-OH is 19. The molecule has 0 aliphatic carbocycles. The van der Waals surface area contributed by atoms with E-state index in [4.69, 9.17) is 77.8 Å². The standard InChI is InChI=1S/C48H80N2O37S2/c49-10(40(70)71)6-88-8-17-38-25(62)32(69)48(80-17)85-37-16(5-55)76-44(28(65)21(37)58)83-35-14(3-53)78-46(30(67)23(35)60)87-39-18(9-89-7-11(50)41(72)73)79-47(31(68)24(39)61)84-36-15(4-54)75-43(27(64)20(36)57)81-33-12(1-51)74-42(26(63)19(33)56)82-34-13(2-52)77-45(86-38)29(66)22(34)59/h10-39,42-48,51-69H,1-9,49-50H2,(H,70,71)(H,72,73)/t10-,11-,12?,13?,14?,15?,16?,17?,18?,19-,20-,21-,22-,23-,24-,25-,26?,27?,28?,29?,30?,31?,32?,33-,34-,35-,36-,37-,38-,39-,42-,43-,44-,45-,46-,47-,48-/m1/s1. The molecule has 0 saturated carbocycles. The summed E-state index contributed by atoms with van der Waals surface area (Å²) in [6.07, 6.45) is -71.4. The average molecular weight is 1340 g/mol. The predicted molar refractivity (Wildman–Crippen MR) is 280 cm³/mol. The Morgan fingerprint density at radius 1 is 0.281 bits per heavy atom. The molecule has 21 rings (SSSR count). The van der Waals surface area contributed by atoms with E-state index in [-0.39, 0.29) is 11.5 Å². The van der Waals surface area contributed by atoms with E-state index >= 15 is 0 Å². The van der Waals surface area contributed by atoms with Crippen molar-refractivity contribution in [3.63, 3.8) is 0 Å². The fourth-order valence-corrected chi connectivity index (χ4v) is 13.2. The van der Waals surface area contributed by atoms with Gasteiger partial charge in [0.05, 0.1) is 45.2 Å². The largest absolute Gasteiger partial charge is 0.480 e. The number of aliphatic hydroxyl groups is 19. The number of nitrogens with two attached hydrogens (primary N) is 2. The Bertz CT molecular complexity index is 2200. The molecule has 0 radical (unpaired) electrons. The third-order valence-electron chi connectivity index (χ3n) is 16.2. The molecule has 89 heavy (non-hydrogen) atoms. The molecule has 25 N–H and O–H groups in total. The second kappa shape index (κ2) is 31.9. The van der Waals surface area contributed by atoms with Crippen LogP contribution < -0.4 is 11.5 Å². The van der Waals surface area contributed by atoms with Crippen LogP contribution in [0, 0.1) is 0 Å². The summed E-state index contributed by atoms with van der Waals surface area (Å²) in [5.74, 6) is -4.26. The summed E-state index contributed by atoms with van der Waals surface area (Å²) in [4.78, 5) is 23.2. The van der Waals surface area contributed by atoms with E-state index in [1.54, 1.807) is 0 Å². The van der Waals surface area contributed by atoms with Crippen LogP contribution in [-0.2, 0) is 75.9 Å². The van der Waals surface area contributed by atoms with Gasteiger partial charge in [-0.2, -0.15) is 23.5 Å². The van der Waals surface area contributed by atoms with Crippen molar-refractivity contribution in [1.82, 2.24) is 0 Å². The van der Waals surface area contributed by atoms with Crippen LogP contribution >= 0.6 is 23.5 Å². The Labute approximate surface area is 511 Å². The molecule has 14 bridgehead atoms. The van der Waals surface area contributed by atoms with Crippen molar-refractivity contribution in [1.29, 1.82) is 0 Å². The molecular weight excluding hydrogens is 1260 g/mol. The fraction of sp³-hybridized carbons (Fsp3) is 0.958. The maximum atomic E-state index is 11.7. The number of carbonyl (C=O) groups is 2. The molecule has 21 aliphatic heterocycles. The molecule has 21 aliphatic rings. The van der Waals surface area contributed by atoms with Gasteiger partial charge in [0.15, 0.2) is 44.0 Å². The smallest absolute Gasteiger partial charge is 0.321 e. The van der Waals surface area contributed by atoms with E-state index in [0.717, 1.165) is 23.5 Å². The summed E-state index contributed by atoms with van der Waals surface area (Å²) in [7, 11) is 0. The quantitative estimate of drug-likeness (QED) is 0.0724. The third kappa shape index (κ3) is 15.9. The lowest BCUT2D eigenvalue weighted by Crippen LogP contribution is -2.68. The van der Waals surface area contributed by atoms with E-state index in [9.17, 15) is 117 Å². The first-order valence-electron chi connectivity index (χ1n) is 28.1. The second-order valence-electron chi connectivity index (χ2n) is 22.3. The van der Waals surface area contributed by atoms with Crippen molar-refractivity contribution < 1.29 is 183 Å². The van der Waals surface area contributed by atoms with Crippen LogP contribution in [0.25, 0.3) is 0 Å². The van der Waals surface area contributed by atoms with Gasteiger partial charge in [-0.05, 0) is 0 Å². The summed E-state index contributed by atoms with van der Waals surface area (Å²) >= 11 is 1.60. The normalized spacial score (nSPS) is 50.1. The van der Waals surface area contributed by atoms with Crippen LogP contribution in [0.5, 0.6) is 0 Å². The Kier molecular flexibility index (Phi) is 26.2. The molecule has 21 heterocycles. The van der Waals surface area contributed by atoms with Crippen molar-refractivity contribution >= 4 is 35.5 Å². The van der Waals surface area contributed by atoms with E-state index in [1.165, 1.54) is 0 Å². The Morgan fingerprint density at radius 2 is 0.438 bits per heavy atom. The van der Waals surface area contributed by atoms with Gasteiger partial charge < -0.3 is 185 Å². The lowest BCUT2D eigenvalue weighted by molar-refractivity contribution is -0.395. The number of rotatable bonds is 15. The van der Waals surface area contributed by atoms with Gasteiger partial charge in [0, 0.05) is 23.0 Å². The number of hydrogen-bond acceptors (Lipinski definition) is 39. The molecular formula is C48H80N2O37S2. The molecule has 0 aromatic heterocycles. The summed E-state index contributed by atoms with van der Waals surface area (Å²) in [5.41, 5.74) is 11.4. The van der Waals surface area contributed by atoms with E-state index in [1.807, 2.05) is 0 Å². The predicted octanol–water partition coefficient (Wildman–Crippen LogP) is -14.9. The molecule has 21 fully saturated rings. The minimum absolute atomic E-state index is 0.319. The summed E-state index contributed by atoms with van der Waals surface area (Å²) in [6.45, 7) is -5.43. The Morgan fingerprint density at radius 3 is 0.596 bits per heavy atom. The van der Waals surface area contributed by atoms with Gasteiger partial charge in [0.25, 0.3) is 0 Å². The monoisotopic (exact) mass is 1340 g/mol. The first-order valence-corrected chi connectivity index (χ1v) is 30.4. The molecule has 0 spiro atoms. The highest BCUT2D eigenvalue weighted by molar-refractivity contribution is 7.99. The number of hydrogen-bond donors (Lipinski definition) is 23. The first-order chi connectivity index (χ1) is 42.2. The molecule has 37 atom stereocenters. The molecule has 516 valence electrons. The van der Waals surface area contributed by atoms with Gasteiger partial charge in [-0.3, -0.25) is 9.59 Å². The van der Waals surface area contributed by atoms with Crippen molar-refractivity contribution in [2.24, 2.45) is 11.5 Å². The van der Waals surface area contributed by atoms with Crippen molar-refractivity contribution in [2.45, 2.75) is 227 Å². The molecule has 0 aromatic rings. The third-order valence-corrected chi connectivity index (χ3v) is 18.5. The van der Waals surface area contributed by atoms with Gasteiger partial charge in [-0.25, -0.2) is 0 Å². The highest BCUT2D eigenvalue weighted by Gasteiger charge is 2.60. The van der Waals surface area contributed by atoms with Crippen LogP contribution in [0.2, 0.25) is 0 Å². The summed E-state index contributed by atoms with van der Waals surface area (Å²) in [6, 6.07) is -2.94. The number of carboxylic acid groups (broad SMARTS) is 2. The van der Waals surface area contributed by atoms with Crippen LogP contribution in [0.4, 0.5) is 0 Å². The lowest BCUT2D eigenvalue weighted by Gasteiger charge is -2.50. The lowest BCUT2D eigenvalue weighted by atomic mass is 9.95. The Balaban J connectivity index is 1.11. The summed E-state index contributed by atoms with van der Waals surface area (Å²) < 4.78 is 81.6. The van der Waals surface area contributed by atoms with Crippen LogP contribution in [-0.4, -0.2) is 402 Å². The van der Waals surface area contributed by atoms with Crippen molar-refractivity contribution in [2.75, 3.05) is 56.0 Å². The highest BCUT2D eigenvalue weighted by atomic mass is 32.2. The number of ether oxygens (including phenoxy) is 14.